The first kappa shape index (κ1) is 55.0. The molecule has 6 nitrogen and oxygen atoms in total. The number of fused-ring (bicyclic) bond motifs is 9. The van der Waals surface area contributed by atoms with Crippen LogP contribution in [0, 0.1) is 0 Å². The first-order valence-electron chi connectivity index (χ1n) is 32.4. The molecular formula is C88H62N6. The van der Waals surface area contributed by atoms with Crippen molar-refractivity contribution in [2.45, 2.75) is 38.5 Å². The Morgan fingerprint density at radius 3 is 0.926 bits per heavy atom. The molecule has 444 valence electrons. The van der Waals surface area contributed by atoms with Crippen LogP contribution in [0.25, 0.3) is 157 Å². The van der Waals surface area contributed by atoms with Crippen molar-refractivity contribution in [1.29, 1.82) is 0 Å². The van der Waals surface area contributed by atoms with E-state index in [0.29, 0.717) is 0 Å². The zero-order chi connectivity index (χ0) is 62.8. The van der Waals surface area contributed by atoms with E-state index in [0.717, 1.165) is 134 Å². The Morgan fingerprint density at radius 2 is 0.532 bits per heavy atom. The maximum Gasteiger partial charge on any atom is 0.145 e. The average Bonchev–Trinajstić information content (AvgIpc) is 1.40. The van der Waals surface area contributed by atoms with Gasteiger partial charge in [0.25, 0.3) is 0 Å². The molecule has 94 heavy (non-hydrogen) atoms. The van der Waals surface area contributed by atoms with Gasteiger partial charge in [-0.25, -0.2) is 19.9 Å². The van der Waals surface area contributed by atoms with Crippen LogP contribution in [0.1, 0.15) is 49.9 Å². The van der Waals surface area contributed by atoms with E-state index in [1.165, 1.54) is 44.5 Å². The monoisotopic (exact) mass is 1200 g/mol. The molecule has 0 N–H and O–H groups in total. The van der Waals surface area contributed by atoms with Crippen molar-refractivity contribution in [1.82, 2.24) is 29.1 Å². The summed E-state index contributed by atoms with van der Waals surface area (Å²) in [6.07, 6.45) is 0. The second-order valence-corrected chi connectivity index (χ2v) is 26.1. The molecule has 2 aliphatic carbocycles. The van der Waals surface area contributed by atoms with Crippen LogP contribution in [-0.4, -0.2) is 29.1 Å². The van der Waals surface area contributed by atoms with Crippen molar-refractivity contribution >= 4 is 33.1 Å². The first-order valence-corrected chi connectivity index (χ1v) is 32.4. The van der Waals surface area contributed by atoms with Gasteiger partial charge in [-0.1, -0.05) is 270 Å². The Kier molecular flexibility index (Phi) is 12.5. The predicted octanol–water partition coefficient (Wildman–Crippen LogP) is 22.3. The van der Waals surface area contributed by atoms with Crippen LogP contribution in [0.3, 0.4) is 0 Å². The van der Waals surface area contributed by atoms with Crippen molar-refractivity contribution in [3.05, 3.63) is 326 Å². The van der Waals surface area contributed by atoms with Gasteiger partial charge in [-0.2, -0.15) is 0 Å². The van der Waals surface area contributed by atoms with E-state index in [1.807, 2.05) is 0 Å². The summed E-state index contributed by atoms with van der Waals surface area (Å²) in [5, 5.41) is 0. The molecule has 0 atom stereocenters. The molecular weight excluding hydrogens is 1140 g/mol. The molecule has 2 aliphatic rings. The molecule has 0 unspecified atom stereocenters. The van der Waals surface area contributed by atoms with Crippen LogP contribution in [-0.2, 0) is 10.8 Å². The molecule has 3 heterocycles. The van der Waals surface area contributed by atoms with Crippen molar-refractivity contribution in [3.8, 4) is 123 Å². The van der Waals surface area contributed by atoms with Gasteiger partial charge in [0.15, 0.2) is 0 Å². The lowest BCUT2D eigenvalue weighted by Crippen LogP contribution is -2.15. The minimum absolute atomic E-state index is 0.188. The van der Waals surface area contributed by atoms with Crippen molar-refractivity contribution in [3.63, 3.8) is 0 Å². The van der Waals surface area contributed by atoms with E-state index in [2.05, 4.69) is 340 Å². The number of rotatable bonds is 10. The lowest BCUT2D eigenvalue weighted by molar-refractivity contribution is 0.660. The minimum atomic E-state index is -0.188. The summed E-state index contributed by atoms with van der Waals surface area (Å²) in [4.78, 5) is 22.3. The molecule has 18 rings (SSSR count). The van der Waals surface area contributed by atoms with E-state index in [4.69, 9.17) is 19.9 Å². The van der Waals surface area contributed by atoms with Gasteiger partial charge in [-0.05, 0) is 139 Å². The Bertz CT molecular complexity index is 5330. The second kappa shape index (κ2) is 21.4. The number of imidazole rings is 2. The molecule has 0 radical (unpaired) electrons. The van der Waals surface area contributed by atoms with E-state index < -0.39 is 0 Å². The average molecular weight is 1200 g/mol. The van der Waals surface area contributed by atoms with Gasteiger partial charge in [-0.15, -0.1) is 0 Å². The van der Waals surface area contributed by atoms with Gasteiger partial charge in [-0.3, -0.25) is 9.13 Å². The molecule has 3 aromatic heterocycles. The zero-order valence-corrected chi connectivity index (χ0v) is 52.6. The second-order valence-electron chi connectivity index (χ2n) is 26.1. The topological polar surface area (TPSA) is 61.4 Å². The number of benzene rings is 13. The summed E-state index contributed by atoms with van der Waals surface area (Å²) >= 11 is 0. The quantitative estimate of drug-likeness (QED) is 0.137. The minimum Gasteiger partial charge on any atom is -0.292 e. The Hall–Kier alpha value is -11.9. The maximum atomic E-state index is 5.97. The smallest absolute Gasteiger partial charge is 0.145 e. The third kappa shape index (κ3) is 8.78. The Labute approximate surface area is 546 Å². The lowest BCUT2D eigenvalue weighted by Gasteiger charge is -2.23. The summed E-state index contributed by atoms with van der Waals surface area (Å²) in [5.74, 6) is 1.81. The van der Waals surface area contributed by atoms with E-state index in [-0.39, 0.29) is 10.8 Å². The number of nitrogens with zero attached hydrogens (tertiary/aromatic N) is 6. The van der Waals surface area contributed by atoms with Crippen molar-refractivity contribution in [2.24, 2.45) is 0 Å². The summed E-state index contributed by atoms with van der Waals surface area (Å²) in [7, 11) is 0. The molecule has 6 heteroatoms. The molecule has 0 saturated heterocycles. The van der Waals surface area contributed by atoms with E-state index in [9.17, 15) is 0 Å². The highest BCUT2D eigenvalue weighted by molar-refractivity contribution is 6.04. The number of hydrogen-bond acceptors (Lipinski definition) is 4. The predicted molar refractivity (Wildman–Crippen MR) is 387 cm³/mol. The van der Waals surface area contributed by atoms with Gasteiger partial charge < -0.3 is 0 Å². The van der Waals surface area contributed by atoms with Crippen LogP contribution in [0.4, 0.5) is 0 Å². The summed E-state index contributed by atoms with van der Waals surface area (Å²) in [6.45, 7) is 9.41. The van der Waals surface area contributed by atoms with Crippen LogP contribution in [0.5, 0.6) is 0 Å². The standard InChI is InChI=1S/C88H62N6/c1-87(2)73-25-13-11-23-69(73)71-49-47-63(53-75(71)87)67-51-52-68(64-48-50-72-70-24-12-14-26-74(70)88(3,4)76(72)54-64)84-83(67)91-81(59-39-31-55(32-40-59)57-35-43-61(44-36-57)85-89-77-27-15-17-29-79(77)93(85)65-19-7-5-8-20-65)82(92-84)60-41-33-56(34-42-60)58-37-45-62(46-38-58)86-90-78-28-16-18-30-80(78)94(86)66-21-9-6-10-22-66/h5-54H,1-4H3. The SMILES string of the molecule is CC1(C)c2ccccc2-c2ccc(-c3ccc(-c4ccc5c(c4)C(C)(C)c4ccccc4-5)c4nc(-c5ccc(-c6ccc(-c7nc8ccccc8n7-c7ccccc7)cc6)cc5)c(-c5ccc(-c6ccc(-c7nc8ccccc8n7-c7ccccc7)cc6)cc5)nc34)cc21. The highest BCUT2D eigenvalue weighted by atomic mass is 15.1. The van der Waals surface area contributed by atoms with Gasteiger partial charge in [0.2, 0.25) is 0 Å². The van der Waals surface area contributed by atoms with Gasteiger partial charge in [0.1, 0.15) is 11.6 Å². The Balaban J connectivity index is 0.783. The van der Waals surface area contributed by atoms with Crippen LogP contribution < -0.4 is 0 Å². The largest absolute Gasteiger partial charge is 0.292 e. The summed E-state index contributed by atoms with van der Waals surface area (Å²) < 4.78 is 4.50. The Morgan fingerprint density at radius 1 is 0.234 bits per heavy atom. The number of para-hydroxylation sites is 6. The molecule has 0 bridgehead atoms. The fraction of sp³-hybridized carbons (Fsp3) is 0.0682. The van der Waals surface area contributed by atoms with Crippen molar-refractivity contribution < 1.29 is 0 Å². The van der Waals surface area contributed by atoms with E-state index >= 15 is 0 Å². The first-order chi connectivity index (χ1) is 46.1. The molecule has 13 aromatic carbocycles. The molecule has 0 amide bonds. The fourth-order valence-corrected chi connectivity index (χ4v) is 15.1. The third-order valence-corrected chi connectivity index (χ3v) is 20.0. The number of aromatic nitrogens is 6. The van der Waals surface area contributed by atoms with Gasteiger partial charge >= 0.3 is 0 Å². The lowest BCUT2D eigenvalue weighted by atomic mass is 9.81. The third-order valence-electron chi connectivity index (χ3n) is 20.0. The van der Waals surface area contributed by atoms with Gasteiger partial charge in [0, 0.05) is 55.6 Å². The van der Waals surface area contributed by atoms with Crippen LogP contribution in [0.2, 0.25) is 0 Å². The van der Waals surface area contributed by atoms with Gasteiger partial charge in [0.05, 0.1) is 44.5 Å². The molecule has 0 saturated carbocycles. The van der Waals surface area contributed by atoms with E-state index in [1.54, 1.807) is 0 Å². The zero-order valence-electron chi connectivity index (χ0n) is 52.6. The highest BCUT2D eigenvalue weighted by Gasteiger charge is 2.37. The fourth-order valence-electron chi connectivity index (χ4n) is 15.1. The molecule has 16 aromatic rings. The van der Waals surface area contributed by atoms with Crippen LogP contribution in [0.15, 0.2) is 303 Å². The molecule has 0 aliphatic heterocycles. The normalized spacial score (nSPS) is 13.3. The highest BCUT2D eigenvalue weighted by Crippen LogP contribution is 2.53. The summed E-state index contributed by atoms with van der Waals surface area (Å²) in [5.41, 5.74) is 32.4. The number of hydrogen-bond donors (Lipinski definition) is 0. The van der Waals surface area contributed by atoms with Crippen LogP contribution >= 0.6 is 0 Å². The molecule has 0 fully saturated rings. The van der Waals surface area contributed by atoms with Crippen molar-refractivity contribution in [2.75, 3.05) is 0 Å². The molecule has 0 spiro atoms. The summed E-state index contributed by atoms with van der Waals surface area (Å²) in [6, 6.07) is 109. The maximum absolute atomic E-state index is 5.97.